The second-order valence-electron chi connectivity index (χ2n) is 2.88. The molecule has 1 aromatic carbocycles. The first-order valence-electron chi connectivity index (χ1n) is 4.19. The van der Waals surface area contributed by atoms with Gasteiger partial charge in [0.15, 0.2) is 0 Å². The van der Waals surface area contributed by atoms with E-state index < -0.39 is 0 Å². The molecule has 13 heavy (non-hydrogen) atoms. The highest BCUT2D eigenvalue weighted by atomic mass is 16.1. The first-order valence-corrected chi connectivity index (χ1v) is 4.19. The van der Waals surface area contributed by atoms with E-state index in [9.17, 15) is 4.79 Å². The van der Waals surface area contributed by atoms with Crippen LogP contribution in [0.25, 0.3) is 0 Å². The molecule has 68 valence electrons. The second-order valence-corrected chi connectivity index (χ2v) is 2.88. The van der Waals surface area contributed by atoms with Crippen LogP contribution in [0.2, 0.25) is 0 Å². The molecule has 2 heteroatoms. The van der Waals surface area contributed by atoms with Crippen LogP contribution in [0.5, 0.6) is 0 Å². The van der Waals surface area contributed by atoms with Crippen molar-refractivity contribution in [2.75, 3.05) is 7.05 Å². The van der Waals surface area contributed by atoms with E-state index in [1.54, 1.807) is 6.20 Å². The lowest BCUT2D eigenvalue weighted by Gasteiger charge is -2.12. The van der Waals surface area contributed by atoms with Gasteiger partial charge in [-0.1, -0.05) is 30.3 Å². The van der Waals surface area contributed by atoms with Crippen LogP contribution in [0.3, 0.4) is 0 Å². The van der Waals surface area contributed by atoms with Crippen molar-refractivity contribution >= 4 is 6.29 Å². The molecule has 0 aromatic heterocycles. The molecule has 0 saturated carbocycles. The zero-order chi connectivity index (χ0) is 9.52. The van der Waals surface area contributed by atoms with Crippen molar-refractivity contribution in [2.45, 2.75) is 6.54 Å². The van der Waals surface area contributed by atoms with Gasteiger partial charge in [-0.15, -0.1) is 0 Å². The first-order chi connectivity index (χ1) is 6.33. The monoisotopic (exact) mass is 175 g/mol. The minimum atomic E-state index is 0.779. The van der Waals surface area contributed by atoms with Gasteiger partial charge in [-0.3, -0.25) is 4.79 Å². The van der Waals surface area contributed by atoms with E-state index in [0.717, 1.165) is 12.8 Å². The quantitative estimate of drug-likeness (QED) is 0.514. The summed E-state index contributed by atoms with van der Waals surface area (Å²) in [4.78, 5) is 12.0. The maximum atomic E-state index is 10.0. The summed E-state index contributed by atoms with van der Waals surface area (Å²) in [5.41, 5.74) is 1.24. The lowest BCUT2D eigenvalue weighted by molar-refractivity contribution is -0.104. The summed E-state index contributed by atoms with van der Waals surface area (Å²) >= 11 is 0. The van der Waals surface area contributed by atoms with Crippen LogP contribution in [-0.2, 0) is 11.3 Å². The number of aldehydes is 1. The van der Waals surface area contributed by atoms with Crippen LogP contribution in [0.15, 0.2) is 42.6 Å². The molecule has 0 heterocycles. The molecular formula is C11H13NO. The van der Waals surface area contributed by atoms with Crippen LogP contribution in [-0.4, -0.2) is 18.2 Å². The number of rotatable bonds is 4. The van der Waals surface area contributed by atoms with Crippen molar-refractivity contribution in [3.8, 4) is 0 Å². The summed E-state index contributed by atoms with van der Waals surface area (Å²) in [6.45, 7) is 0.825. The van der Waals surface area contributed by atoms with Gasteiger partial charge in [-0.25, -0.2) is 0 Å². The summed E-state index contributed by atoms with van der Waals surface area (Å²) in [6, 6.07) is 10.1. The minimum absolute atomic E-state index is 0.779. The van der Waals surface area contributed by atoms with Gasteiger partial charge in [0.2, 0.25) is 0 Å². The summed E-state index contributed by atoms with van der Waals surface area (Å²) in [7, 11) is 1.94. The number of hydrogen-bond donors (Lipinski definition) is 0. The average Bonchev–Trinajstić information content (AvgIpc) is 2.16. The number of hydrogen-bond acceptors (Lipinski definition) is 2. The summed E-state index contributed by atoms with van der Waals surface area (Å²) < 4.78 is 0. The topological polar surface area (TPSA) is 20.3 Å². The first kappa shape index (κ1) is 9.52. The van der Waals surface area contributed by atoms with E-state index >= 15 is 0 Å². The molecule has 0 amide bonds. The van der Waals surface area contributed by atoms with Crippen molar-refractivity contribution in [3.05, 3.63) is 48.2 Å². The van der Waals surface area contributed by atoms with E-state index in [4.69, 9.17) is 0 Å². The minimum Gasteiger partial charge on any atom is -0.376 e. The van der Waals surface area contributed by atoms with Crippen molar-refractivity contribution in [3.63, 3.8) is 0 Å². The van der Waals surface area contributed by atoms with Gasteiger partial charge in [0, 0.05) is 19.8 Å². The van der Waals surface area contributed by atoms with E-state index in [2.05, 4.69) is 12.1 Å². The molecular weight excluding hydrogens is 162 g/mol. The average molecular weight is 175 g/mol. The predicted molar refractivity (Wildman–Crippen MR) is 53.1 cm³/mol. The maximum absolute atomic E-state index is 10.0. The number of nitrogens with zero attached hydrogens (tertiary/aromatic N) is 1. The Hall–Kier alpha value is -1.57. The largest absolute Gasteiger partial charge is 0.376 e. The summed E-state index contributed by atoms with van der Waals surface area (Å²) in [5.74, 6) is 0. The molecule has 0 spiro atoms. The van der Waals surface area contributed by atoms with E-state index in [1.165, 1.54) is 11.6 Å². The molecule has 0 aliphatic heterocycles. The lowest BCUT2D eigenvalue weighted by atomic mass is 10.2. The lowest BCUT2D eigenvalue weighted by Crippen LogP contribution is -2.09. The van der Waals surface area contributed by atoms with E-state index in [-0.39, 0.29) is 0 Å². The molecule has 0 radical (unpaired) electrons. The number of carbonyl (C=O) groups is 1. The predicted octanol–water partition coefficient (Wildman–Crippen LogP) is 1.83. The third kappa shape index (κ3) is 3.56. The van der Waals surface area contributed by atoms with Crippen LogP contribution in [0, 0.1) is 0 Å². The highest BCUT2D eigenvalue weighted by Gasteiger charge is 1.92. The standard InChI is InChI=1S/C11H13NO/c1-12(8-5-9-13)10-11-6-3-2-4-7-11/h2-9H,10H2,1H3. The van der Waals surface area contributed by atoms with Crippen LogP contribution >= 0.6 is 0 Å². The molecule has 0 aliphatic rings. The molecule has 0 N–H and O–H groups in total. The summed E-state index contributed by atoms with van der Waals surface area (Å²) in [6.07, 6.45) is 4.03. The Balaban J connectivity index is 2.50. The number of benzene rings is 1. The van der Waals surface area contributed by atoms with Crippen LogP contribution in [0.4, 0.5) is 0 Å². The molecule has 0 saturated heterocycles. The molecule has 2 nitrogen and oxygen atoms in total. The number of carbonyl (C=O) groups excluding carboxylic acids is 1. The van der Waals surface area contributed by atoms with Gasteiger partial charge in [-0.05, 0) is 11.6 Å². The fourth-order valence-electron chi connectivity index (χ4n) is 1.11. The summed E-state index contributed by atoms with van der Waals surface area (Å²) in [5, 5.41) is 0. The van der Waals surface area contributed by atoms with Crippen molar-refractivity contribution in [1.82, 2.24) is 4.90 Å². The number of allylic oxidation sites excluding steroid dienone is 1. The van der Waals surface area contributed by atoms with Crippen molar-refractivity contribution < 1.29 is 4.79 Å². The zero-order valence-electron chi connectivity index (χ0n) is 7.68. The highest BCUT2D eigenvalue weighted by molar-refractivity contribution is 5.64. The molecule has 1 aromatic rings. The van der Waals surface area contributed by atoms with E-state index in [0.29, 0.717) is 0 Å². The normalized spacial score (nSPS) is 10.2. The Kier molecular flexibility index (Phi) is 3.76. The molecule has 0 bridgehead atoms. The maximum Gasteiger partial charge on any atom is 0.144 e. The fourth-order valence-corrected chi connectivity index (χ4v) is 1.11. The Morgan fingerprint density at radius 3 is 2.62 bits per heavy atom. The van der Waals surface area contributed by atoms with Gasteiger partial charge in [0.05, 0.1) is 0 Å². The van der Waals surface area contributed by atoms with Gasteiger partial charge in [0.1, 0.15) is 6.29 Å². The molecule has 0 unspecified atom stereocenters. The van der Waals surface area contributed by atoms with Gasteiger partial charge in [-0.2, -0.15) is 0 Å². The Bertz CT molecular complexity index is 279. The SMILES string of the molecule is CN(C=CC=O)Cc1ccccc1. The zero-order valence-corrected chi connectivity index (χ0v) is 7.68. The van der Waals surface area contributed by atoms with Gasteiger partial charge in [0.25, 0.3) is 0 Å². The van der Waals surface area contributed by atoms with Gasteiger partial charge >= 0.3 is 0 Å². The fraction of sp³-hybridized carbons (Fsp3) is 0.182. The Morgan fingerprint density at radius 1 is 1.31 bits per heavy atom. The van der Waals surface area contributed by atoms with Crippen LogP contribution < -0.4 is 0 Å². The van der Waals surface area contributed by atoms with Crippen molar-refractivity contribution in [1.29, 1.82) is 0 Å². The van der Waals surface area contributed by atoms with Crippen LogP contribution in [0.1, 0.15) is 5.56 Å². The molecule has 0 atom stereocenters. The third-order valence-electron chi connectivity index (χ3n) is 1.69. The van der Waals surface area contributed by atoms with Crippen molar-refractivity contribution in [2.24, 2.45) is 0 Å². The van der Waals surface area contributed by atoms with Gasteiger partial charge < -0.3 is 4.90 Å². The second kappa shape index (κ2) is 5.14. The molecule has 0 aliphatic carbocycles. The third-order valence-corrected chi connectivity index (χ3v) is 1.69. The molecule has 0 fully saturated rings. The molecule has 1 rings (SSSR count). The smallest absolute Gasteiger partial charge is 0.144 e. The highest BCUT2D eigenvalue weighted by Crippen LogP contribution is 2.02. The Morgan fingerprint density at radius 2 is 2.00 bits per heavy atom. The van der Waals surface area contributed by atoms with E-state index in [1.807, 2.05) is 30.1 Å². The Labute approximate surface area is 78.5 Å².